The normalized spacial score (nSPS) is 30.1. The maximum atomic E-state index is 12.0. The van der Waals surface area contributed by atoms with E-state index in [0.29, 0.717) is 85.2 Å². The summed E-state index contributed by atoms with van der Waals surface area (Å²) >= 11 is 7.27. The zero-order valence-corrected chi connectivity index (χ0v) is 56.5. The first-order chi connectivity index (χ1) is 32.9. The highest BCUT2D eigenvalue weighted by atomic mass is 32.2. The van der Waals surface area contributed by atoms with Gasteiger partial charge >= 0.3 is 71.9 Å². The van der Waals surface area contributed by atoms with Gasteiger partial charge in [-0.3, -0.25) is 0 Å². The smallest absolute Gasteiger partial charge is 0.420 e. The monoisotopic (exact) mass is 1190 g/mol. The van der Waals surface area contributed by atoms with E-state index in [-0.39, 0.29) is 0 Å². The van der Waals surface area contributed by atoms with Gasteiger partial charge in [-0.05, 0) is 90.5 Å². The standard InChI is InChI=1S/C42H96O15S4Si8/c1-13-62-48-63(35-31-58-27-23-44-19-15-39(3)4)51-69(38-34-61-30-26-47-22-18-42(9)10)56-67(14-2,50-62)54-66(12)53-65(11,43)49-64(36-32-59-28-24-45-20-16-40(5)6)52-68(55-66,57-69)37-33-60-29-25-46-21-17-41(7)8/h39-43,62-64H,13-38H2,1-12H3. The van der Waals surface area contributed by atoms with E-state index in [2.05, 4.69) is 62.3 Å². The minimum Gasteiger partial charge on any atom is -0.420 e. The van der Waals surface area contributed by atoms with Crippen LogP contribution < -0.4 is 0 Å². The number of hydrogen-bond acceptors (Lipinski definition) is 19. The Morgan fingerprint density at radius 2 is 0.812 bits per heavy atom. The molecule has 0 aromatic heterocycles. The number of thioether (sulfide) groups is 4. The molecule has 27 heteroatoms. The van der Waals surface area contributed by atoms with E-state index in [1.807, 2.05) is 37.0 Å². The van der Waals surface area contributed by atoms with Crippen LogP contribution >= 0.6 is 47.0 Å². The molecule has 3 heterocycles. The second-order valence-electron chi connectivity index (χ2n) is 19.7. The molecule has 3 aliphatic heterocycles. The van der Waals surface area contributed by atoms with Crippen molar-refractivity contribution in [1.29, 1.82) is 0 Å². The van der Waals surface area contributed by atoms with Gasteiger partial charge in [-0.1, -0.05) is 69.2 Å². The average molecular weight is 1190 g/mol. The van der Waals surface area contributed by atoms with Crippen LogP contribution in [0.15, 0.2) is 0 Å². The molecule has 0 aliphatic carbocycles. The van der Waals surface area contributed by atoms with Gasteiger partial charge in [-0.2, -0.15) is 47.0 Å². The average Bonchev–Trinajstić information content (AvgIpc) is 3.24. The Morgan fingerprint density at radius 3 is 1.25 bits per heavy atom. The van der Waals surface area contributed by atoms with Crippen LogP contribution in [0.5, 0.6) is 0 Å². The van der Waals surface area contributed by atoms with Crippen LogP contribution in [-0.2, 0) is 60.1 Å². The summed E-state index contributed by atoms with van der Waals surface area (Å²) in [4.78, 5) is 12.0. The number of ether oxygens (including phenoxy) is 4. The van der Waals surface area contributed by atoms with Crippen LogP contribution in [0.1, 0.15) is 94.9 Å². The first-order valence-corrected chi connectivity index (χ1v) is 46.2. The number of rotatable bonds is 38. The molecule has 8 atom stereocenters. The van der Waals surface area contributed by atoms with Gasteiger partial charge < -0.3 is 64.9 Å². The van der Waals surface area contributed by atoms with Gasteiger partial charge in [0.1, 0.15) is 0 Å². The van der Waals surface area contributed by atoms with Gasteiger partial charge in [0.2, 0.25) is 0 Å². The highest BCUT2D eigenvalue weighted by Gasteiger charge is 2.70. The van der Waals surface area contributed by atoms with Crippen LogP contribution in [0.25, 0.3) is 0 Å². The molecular weight excluding hydrogens is 1100 g/mol. The molecule has 4 bridgehead atoms. The van der Waals surface area contributed by atoms with E-state index < -0.39 is 71.9 Å². The van der Waals surface area contributed by atoms with Crippen molar-refractivity contribution >= 4 is 119 Å². The third-order valence-corrected chi connectivity index (χ3v) is 47.3. The van der Waals surface area contributed by atoms with Crippen LogP contribution in [-0.4, -0.2) is 176 Å². The van der Waals surface area contributed by atoms with Crippen molar-refractivity contribution in [3.05, 3.63) is 0 Å². The SMILES string of the molecule is CC[SiH]1O[SiH](CCSCCOCCC(C)C)O[Si]2(CCSCCOCCC(C)C)O[Si](CC)(O1)O[Si]1(C)O[Si](C)(O)O[SiH](CCSCCOCCC(C)C)O[Si](CCSCCOCCC(C)C)(O1)O2. The van der Waals surface area contributed by atoms with E-state index in [4.69, 9.17) is 60.1 Å². The zero-order valence-electron chi connectivity index (χ0n) is 44.7. The summed E-state index contributed by atoms with van der Waals surface area (Å²) in [5, 5.41) is 0. The van der Waals surface area contributed by atoms with E-state index in [0.717, 1.165) is 99.3 Å². The Hall–Kier alpha value is 2.54. The predicted octanol–water partition coefficient (Wildman–Crippen LogP) is 9.02. The maximum Gasteiger partial charge on any atom is 0.478 e. The fourth-order valence-electron chi connectivity index (χ4n) is 7.06. The van der Waals surface area contributed by atoms with Gasteiger partial charge in [0.05, 0.1) is 26.4 Å². The largest absolute Gasteiger partial charge is 0.478 e. The summed E-state index contributed by atoms with van der Waals surface area (Å²) in [7, 11) is -26.7. The van der Waals surface area contributed by atoms with Gasteiger partial charge in [0.25, 0.3) is 0 Å². The molecule has 0 spiro atoms. The molecule has 1 N–H and O–H groups in total. The second kappa shape index (κ2) is 35.9. The van der Waals surface area contributed by atoms with Crippen molar-refractivity contribution in [2.45, 2.75) is 144 Å². The first kappa shape index (κ1) is 65.8. The maximum absolute atomic E-state index is 12.0. The zero-order chi connectivity index (χ0) is 50.7. The third kappa shape index (κ3) is 28.7. The molecule has 0 radical (unpaired) electrons. The summed E-state index contributed by atoms with van der Waals surface area (Å²) in [5.74, 6) is 8.85. The lowest BCUT2D eigenvalue weighted by Gasteiger charge is -2.53. The molecule has 3 fully saturated rings. The molecule has 3 saturated heterocycles. The lowest BCUT2D eigenvalue weighted by molar-refractivity contribution is 0.0503. The summed E-state index contributed by atoms with van der Waals surface area (Å²) in [6, 6.07) is 3.46. The lowest BCUT2D eigenvalue weighted by Crippen LogP contribution is -2.77. The molecule has 0 aromatic carbocycles. The van der Waals surface area contributed by atoms with E-state index >= 15 is 0 Å². The number of hydrogen-bond donors (Lipinski definition) is 1. The topological polar surface area (TPSA) is 149 Å². The molecule has 410 valence electrons. The Labute approximate surface area is 447 Å². The first-order valence-electron chi connectivity index (χ1n) is 26.1. The van der Waals surface area contributed by atoms with Crippen LogP contribution in [0, 0.1) is 23.7 Å². The number of fused-ring (bicyclic) bond motifs is 4. The fourth-order valence-corrected chi connectivity index (χ4v) is 51.5. The molecule has 0 amide bonds. The lowest BCUT2D eigenvalue weighted by atomic mass is 10.1. The Kier molecular flexibility index (Phi) is 34.2. The molecule has 3 aliphatic rings. The summed E-state index contributed by atoms with van der Waals surface area (Å²) in [6.45, 7) is 31.1. The molecule has 0 saturated carbocycles. The predicted molar refractivity (Wildman–Crippen MR) is 306 cm³/mol. The van der Waals surface area contributed by atoms with Gasteiger partial charge in [-0.25, -0.2) is 0 Å². The van der Waals surface area contributed by atoms with Gasteiger partial charge in [0, 0.05) is 80.7 Å². The summed E-state index contributed by atoms with van der Waals surface area (Å²) in [5.41, 5.74) is 0. The van der Waals surface area contributed by atoms with E-state index in [1.165, 1.54) is 0 Å². The summed E-state index contributed by atoms with van der Waals surface area (Å²) < 4.78 is 96.3. The van der Waals surface area contributed by atoms with Crippen LogP contribution in [0.4, 0.5) is 0 Å². The van der Waals surface area contributed by atoms with Crippen molar-refractivity contribution in [3.63, 3.8) is 0 Å². The Bertz CT molecular complexity index is 1340. The van der Waals surface area contributed by atoms with Gasteiger partial charge in [-0.15, -0.1) is 0 Å². The van der Waals surface area contributed by atoms with Crippen molar-refractivity contribution in [1.82, 2.24) is 0 Å². The minimum absolute atomic E-state index is 0.425. The van der Waals surface area contributed by atoms with Crippen molar-refractivity contribution in [3.8, 4) is 0 Å². The highest BCUT2D eigenvalue weighted by molar-refractivity contribution is 8.00. The Balaban J connectivity index is 2.01. The summed E-state index contributed by atoms with van der Waals surface area (Å²) in [6.07, 6.45) is 4.18. The van der Waals surface area contributed by atoms with Gasteiger partial charge in [0.15, 0.2) is 0 Å². The van der Waals surface area contributed by atoms with Crippen molar-refractivity contribution in [2.24, 2.45) is 23.7 Å². The van der Waals surface area contributed by atoms with E-state index in [9.17, 15) is 4.80 Å². The van der Waals surface area contributed by atoms with Crippen LogP contribution in [0.3, 0.4) is 0 Å². The third-order valence-electron chi connectivity index (χ3n) is 11.0. The van der Waals surface area contributed by atoms with Crippen LogP contribution in [0.2, 0.25) is 49.4 Å². The molecular formula is C42H96O15S4Si8. The van der Waals surface area contributed by atoms with Crippen molar-refractivity contribution in [2.75, 3.05) is 98.9 Å². The fraction of sp³-hybridized carbons (Fsp3) is 1.00. The second-order valence-corrected chi connectivity index (χ2v) is 47.4. The van der Waals surface area contributed by atoms with Crippen molar-refractivity contribution < 1.29 is 64.9 Å². The highest BCUT2D eigenvalue weighted by Crippen LogP contribution is 2.43. The quantitative estimate of drug-likeness (QED) is 0.0462. The minimum atomic E-state index is -3.88. The molecule has 0 aromatic rings. The molecule has 8 unspecified atom stereocenters. The molecule has 3 rings (SSSR count). The molecule has 69 heavy (non-hydrogen) atoms. The molecule has 15 nitrogen and oxygen atoms in total. The Morgan fingerprint density at radius 1 is 0.435 bits per heavy atom. The van der Waals surface area contributed by atoms with E-state index in [1.54, 1.807) is 30.1 Å².